The van der Waals surface area contributed by atoms with Gasteiger partial charge in [0.25, 0.3) is 0 Å². The number of benzene rings is 2. The minimum absolute atomic E-state index is 0.527. The number of rotatable bonds is 6. The Morgan fingerprint density at radius 2 is 1.87 bits per heavy atom. The van der Waals surface area contributed by atoms with Crippen molar-refractivity contribution in [3.05, 3.63) is 78.4 Å². The molecular weight excluding hydrogens is 347 g/mol. The quantitative estimate of drug-likeness (QED) is 0.378. The fraction of sp³-hybridized carbons (Fsp3) is 0. The summed E-state index contributed by atoms with van der Waals surface area (Å²) in [6.45, 7) is 10.5. The van der Waals surface area contributed by atoms with Crippen molar-refractivity contribution < 1.29 is 9.05 Å². The first-order valence-electron chi connectivity index (χ1n) is 6.35. The summed E-state index contributed by atoms with van der Waals surface area (Å²) < 4.78 is 11.3. The second kappa shape index (κ2) is 7.85. The minimum Gasteiger partial charge on any atom is -0.437 e. The van der Waals surface area contributed by atoms with Crippen LogP contribution >= 0.6 is 17.1 Å². The topological polar surface area (TPSA) is 46.6 Å². The summed E-state index contributed by atoms with van der Waals surface area (Å²) in [6.07, 6.45) is 1.27. The number of nitrogens with zero attached hydrogens (tertiary/aromatic N) is 2. The van der Waals surface area contributed by atoms with Gasteiger partial charge in [-0.05, 0) is 35.6 Å². The van der Waals surface area contributed by atoms with Crippen molar-refractivity contribution in [3.63, 3.8) is 0 Å². The van der Waals surface area contributed by atoms with Crippen LogP contribution in [0, 0.1) is 17.9 Å². The number of hydrogen-bond donors (Lipinski definition) is 0. The van der Waals surface area contributed by atoms with E-state index < -0.39 is 5.69 Å². The van der Waals surface area contributed by atoms with Crippen LogP contribution < -0.4 is 4.52 Å². The highest BCUT2D eigenvalue weighted by Crippen LogP contribution is 2.63. The first kappa shape index (κ1) is 17.1. The van der Waals surface area contributed by atoms with Gasteiger partial charge in [0.05, 0.1) is 24.5 Å². The highest BCUT2D eigenvalue weighted by atomic mass is 32.9. The molecule has 0 aliphatic rings. The van der Waals surface area contributed by atoms with E-state index in [1.165, 1.54) is 17.6 Å². The Hall–Kier alpha value is -2.24. The third-order valence-corrected chi connectivity index (χ3v) is 7.07. The van der Waals surface area contributed by atoms with Gasteiger partial charge in [0, 0.05) is 16.7 Å². The average molecular weight is 358 g/mol. The van der Waals surface area contributed by atoms with E-state index in [-0.39, 0.29) is 0 Å². The third-order valence-electron chi connectivity index (χ3n) is 2.59. The molecule has 0 saturated carbocycles. The van der Waals surface area contributed by atoms with Gasteiger partial charge in [-0.1, -0.05) is 30.8 Å². The van der Waals surface area contributed by atoms with Gasteiger partial charge in [0.15, 0.2) is 5.69 Å². The van der Waals surface area contributed by atoms with Gasteiger partial charge in [-0.3, -0.25) is 0 Å². The molecule has 1 unspecified atom stereocenters. The van der Waals surface area contributed by atoms with Crippen molar-refractivity contribution in [1.29, 1.82) is 5.26 Å². The van der Waals surface area contributed by atoms with Crippen LogP contribution in [-0.2, 0) is 16.3 Å². The Bertz CT molecular complexity index is 758. The van der Waals surface area contributed by atoms with E-state index in [1.807, 2.05) is 6.07 Å². The molecule has 0 aliphatic carbocycles. The van der Waals surface area contributed by atoms with Crippen molar-refractivity contribution in [2.75, 3.05) is 0 Å². The van der Waals surface area contributed by atoms with Crippen LogP contribution in [0.3, 0.4) is 0 Å². The Kier molecular flexibility index (Phi) is 5.84. The standard InChI is InChI=1S/C16H11N2O2PS2/c1-3-19-21(22,20-15-8-4-13(12-17)5-9-15)23-16-10-6-14(18-2)7-11-16/h3-11H,1H2. The Morgan fingerprint density at radius 1 is 1.22 bits per heavy atom. The maximum Gasteiger partial charge on any atom is 0.352 e. The zero-order chi connectivity index (χ0) is 16.7. The maximum absolute atomic E-state index is 8.82. The zero-order valence-electron chi connectivity index (χ0n) is 11.9. The molecule has 0 amide bonds. The molecule has 2 rings (SSSR count). The predicted octanol–water partition coefficient (Wildman–Crippen LogP) is 5.66. The molecule has 0 N–H and O–H groups in total. The van der Waals surface area contributed by atoms with Gasteiger partial charge in [-0.2, -0.15) is 5.26 Å². The van der Waals surface area contributed by atoms with Crippen LogP contribution in [0.15, 0.2) is 66.3 Å². The molecule has 2 aromatic carbocycles. The third kappa shape index (κ3) is 4.87. The summed E-state index contributed by atoms with van der Waals surface area (Å²) in [4.78, 5) is 4.19. The van der Waals surface area contributed by atoms with Gasteiger partial charge in [-0.15, -0.1) is 0 Å². The molecule has 2 aromatic rings. The molecule has 0 bridgehead atoms. The van der Waals surface area contributed by atoms with Crippen LogP contribution in [-0.4, -0.2) is 0 Å². The molecule has 0 saturated heterocycles. The molecule has 0 fully saturated rings. The van der Waals surface area contributed by atoms with Crippen molar-refractivity contribution >= 4 is 34.6 Å². The van der Waals surface area contributed by atoms with Gasteiger partial charge in [0.2, 0.25) is 0 Å². The molecule has 0 aromatic heterocycles. The smallest absolute Gasteiger partial charge is 0.352 e. The molecule has 0 heterocycles. The normalized spacial score (nSPS) is 12.3. The summed E-state index contributed by atoms with van der Waals surface area (Å²) >= 11 is 6.80. The molecule has 23 heavy (non-hydrogen) atoms. The van der Waals surface area contributed by atoms with Crippen molar-refractivity contribution in [3.8, 4) is 11.8 Å². The fourth-order valence-electron chi connectivity index (χ4n) is 1.58. The molecule has 4 nitrogen and oxygen atoms in total. The van der Waals surface area contributed by atoms with Crippen molar-refractivity contribution in [1.82, 2.24) is 0 Å². The summed E-state index contributed by atoms with van der Waals surface area (Å²) in [5, 5.41) is 8.82. The minimum atomic E-state index is -2.74. The second-order valence-corrected chi connectivity index (χ2v) is 10.2. The molecular formula is C16H11N2O2PS2. The van der Waals surface area contributed by atoms with Crippen LogP contribution in [0.4, 0.5) is 5.69 Å². The first-order chi connectivity index (χ1) is 11.1. The largest absolute Gasteiger partial charge is 0.437 e. The van der Waals surface area contributed by atoms with E-state index >= 15 is 0 Å². The maximum atomic E-state index is 8.82. The highest BCUT2D eigenvalue weighted by Gasteiger charge is 2.23. The molecule has 1 atom stereocenters. The van der Waals surface area contributed by atoms with E-state index in [2.05, 4.69) is 11.4 Å². The average Bonchev–Trinajstić information content (AvgIpc) is 2.56. The number of nitriles is 1. The van der Waals surface area contributed by atoms with E-state index in [4.69, 9.17) is 32.7 Å². The van der Waals surface area contributed by atoms with Crippen LogP contribution in [0.25, 0.3) is 4.85 Å². The Balaban J connectivity index is 2.20. The van der Waals surface area contributed by atoms with Crippen LogP contribution in [0.2, 0.25) is 0 Å². The van der Waals surface area contributed by atoms with E-state index in [0.29, 0.717) is 17.0 Å². The van der Waals surface area contributed by atoms with Gasteiger partial charge in [-0.25, -0.2) is 4.85 Å². The monoisotopic (exact) mass is 358 g/mol. The van der Waals surface area contributed by atoms with Crippen LogP contribution in [0.1, 0.15) is 5.56 Å². The molecule has 7 heteroatoms. The molecule has 0 spiro atoms. The van der Waals surface area contributed by atoms with Crippen LogP contribution in [0.5, 0.6) is 5.75 Å². The fourth-order valence-corrected chi connectivity index (χ4v) is 5.82. The SMILES string of the molecule is [C-]#[N+]c1ccc(SP(=S)(OC=C)Oc2ccc(C#N)cc2)cc1. The number of hydrogen-bond acceptors (Lipinski definition) is 5. The lowest BCUT2D eigenvalue weighted by molar-refractivity contribution is 0.460. The van der Waals surface area contributed by atoms with Gasteiger partial charge in [0.1, 0.15) is 5.75 Å². The second-order valence-electron chi connectivity index (χ2n) is 4.14. The lowest BCUT2D eigenvalue weighted by Crippen LogP contribution is -1.91. The first-order valence-corrected chi connectivity index (χ1v) is 10.4. The van der Waals surface area contributed by atoms with Crippen molar-refractivity contribution in [2.24, 2.45) is 0 Å². The summed E-state index contributed by atoms with van der Waals surface area (Å²) in [7, 11) is 0. The van der Waals surface area contributed by atoms with E-state index in [9.17, 15) is 0 Å². The molecule has 0 radical (unpaired) electrons. The van der Waals surface area contributed by atoms with Gasteiger partial charge >= 0.3 is 5.69 Å². The lowest BCUT2D eigenvalue weighted by Gasteiger charge is -2.20. The van der Waals surface area contributed by atoms with E-state index in [1.54, 1.807) is 48.5 Å². The summed E-state index contributed by atoms with van der Waals surface area (Å²) in [5.41, 5.74) is -1.64. The lowest BCUT2D eigenvalue weighted by atomic mass is 10.2. The van der Waals surface area contributed by atoms with Crippen molar-refractivity contribution in [2.45, 2.75) is 4.90 Å². The highest BCUT2D eigenvalue weighted by molar-refractivity contribution is 8.68. The van der Waals surface area contributed by atoms with E-state index in [0.717, 1.165) is 4.90 Å². The predicted molar refractivity (Wildman–Crippen MR) is 95.9 cm³/mol. The Labute approximate surface area is 144 Å². The summed E-state index contributed by atoms with van der Waals surface area (Å²) in [6, 6.07) is 15.7. The summed E-state index contributed by atoms with van der Waals surface area (Å²) in [5.74, 6) is 0.527. The van der Waals surface area contributed by atoms with Gasteiger partial charge < -0.3 is 9.05 Å². The Morgan fingerprint density at radius 3 is 2.39 bits per heavy atom. The molecule has 0 aliphatic heterocycles. The zero-order valence-corrected chi connectivity index (χ0v) is 14.4. The molecule has 114 valence electrons.